The molecule has 0 radical (unpaired) electrons. The van der Waals surface area contributed by atoms with Crippen molar-refractivity contribution in [2.45, 2.75) is 33.2 Å². The maximum absolute atomic E-state index is 12.2. The minimum Gasteiger partial charge on any atom is -0.352 e. The Morgan fingerprint density at radius 1 is 1.45 bits per heavy atom. The first-order chi connectivity index (χ1) is 10.4. The van der Waals surface area contributed by atoms with Gasteiger partial charge in [-0.2, -0.15) is 0 Å². The van der Waals surface area contributed by atoms with E-state index in [-0.39, 0.29) is 23.9 Å². The van der Waals surface area contributed by atoms with Crippen molar-refractivity contribution in [1.82, 2.24) is 15.2 Å². The van der Waals surface area contributed by atoms with Crippen LogP contribution < -0.4 is 16.6 Å². The third-order valence-electron chi connectivity index (χ3n) is 4.04. The topological polar surface area (TPSA) is 108 Å². The van der Waals surface area contributed by atoms with E-state index in [9.17, 15) is 14.4 Å². The summed E-state index contributed by atoms with van der Waals surface area (Å²) >= 11 is 0. The Hall–Kier alpha value is -2.31. The number of likely N-dealkylation sites (tertiary alicyclic amines) is 1. The van der Waals surface area contributed by atoms with Crippen LogP contribution in [-0.2, 0) is 11.3 Å². The lowest BCUT2D eigenvalue weighted by molar-refractivity contribution is -0.126. The zero-order valence-electron chi connectivity index (χ0n) is 12.9. The van der Waals surface area contributed by atoms with Gasteiger partial charge in [0.2, 0.25) is 5.91 Å². The van der Waals surface area contributed by atoms with Gasteiger partial charge in [-0.1, -0.05) is 0 Å². The van der Waals surface area contributed by atoms with Gasteiger partial charge in [0.05, 0.1) is 5.92 Å². The number of hydrogen-bond donors (Lipinski definition) is 3. The minimum atomic E-state index is -0.497. The Kier molecular flexibility index (Phi) is 4.85. The quantitative estimate of drug-likeness (QED) is 0.752. The second-order valence-corrected chi connectivity index (χ2v) is 5.78. The molecule has 0 spiro atoms. The Morgan fingerprint density at radius 2 is 2.18 bits per heavy atom. The maximum Gasteiger partial charge on any atom is 0.314 e. The van der Waals surface area contributed by atoms with Crippen LogP contribution in [0.4, 0.5) is 4.79 Å². The van der Waals surface area contributed by atoms with E-state index in [1.807, 2.05) is 19.9 Å². The average molecular weight is 306 g/mol. The Bertz CT molecular complexity index is 638. The molecular formula is C15H22N4O3. The fourth-order valence-electron chi connectivity index (χ4n) is 2.81. The number of primary amides is 1. The number of nitrogens with one attached hydrogen (secondary N) is 2. The third-order valence-corrected chi connectivity index (χ3v) is 4.04. The molecule has 3 amide bonds. The molecule has 0 aromatic carbocycles. The number of hydrogen-bond acceptors (Lipinski definition) is 3. The van der Waals surface area contributed by atoms with Gasteiger partial charge in [0, 0.05) is 30.9 Å². The van der Waals surface area contributed by atoms with E-state index in [4.69, 9.17) is 5.73 Å². The van der Waals surface area contributed by atoms with E-state index in [2.05, 4.69) is 10.3 Å². The standard InChI is InChI=1S/C15H22N4O3/c1-9-6-10(2)18-14(21)12(9)7-17-13(20)11-4-3-5-19(8-11)15(16)22/h6,11H,3-5,7-8H2,1-2H3,(H2,16,22)(H,17,20)(H,18,21)/t11-/m0/s1. The second-order valence-electron chi connectivity index (χ2n) is 5.78. The van der Waals surface area contributed by atoms with E-state index in [1.165, 1.54) is 4.90 Å². The lowest BCUT2D eigenvalue weighted by Gasteiger charge is -2.30. The number of carbonyl (C=O) groups is 2. The summed E-state index contributed by atoms with van der Waals surface area (Å²) in [5.41, 5.74) is 7.28. The zero-order chi connectivity index (χ0) is 16.3. The van der Waals surface area contributed by atoms with Crippen LogP contribution >= 0.6 is 0 Å². The van der Waals surface area contributed by atoms with Gasteiger partial charge < -0.3 is 20.9 Å². The van der Waals surface area contributed by atoms with E-state index < -0.39 is 6.03 Å². The molecule has 1 aliphatic rings. The summed E-state index contributed by atoms with van der Waals surface area (Å²) in [4.78, 5) is 39.5. The number of pyridine rings is 1. The number of urea groups is 1. The average Bonchev–Trinajstić information content (AvgIpc) is 2.46. The van der Waals surface area contributed by atoms with Crippen LogP contribution in [0.5, 0.6) is 0 Å². The van der Waals surface area contributed by atoms with Crippen LogP contribution in [0, 0.1) is 19.8 Å². The molecule has 0 unspecified atom stereocenters. The number of amides is 3. The van der Waals surface area contributed by atoms with E-state index in [1.54, 1.807) is 0 Å². The smallest absolute Gasteiger partial charge is 0.314 e. The highest BCUT2D eigenvalue weighted by atomic mass is 16.2. The first-order valence-electron chi connectivity index (χ1n) is 7.40. The molecule has 1 aliphatic heterocycles. The van der Waals surface area contributed by atoms with E-state index in [0.717, 1.165) is 24.1 Å². The number of nitrogens with two attached hydrogens (primary N) is 1. The maximum atomic E-state index is 12.2. The monoisotopic (exact) mass is 306 g/mol. The van der Waals surface area contributed by atoms with Crippen LogP contribution in [0.2, 0.25) is 0 Å². The van der Waals surface area contributed by atoms with Crippen molar-refractivity contribution in [3.8, 4) is 0 Å². The number of piperidine rings is 1. The van der Waals surface area contributed by atoms with E-state index in [0.29, 0.717) is 18.7 Å². The summed E-state index contributed by atoms with van der Waals surface area (Å²) in [6, 6.07) is 1.38. The van der Waals surface area contributed by atoms with Crippen molar-refractivity contribution in [2.75, 3.05) is 13.1 Å². The molecule has 120 valence electrons. The molecular weight excluding hydrogens is 284 g/mol. The molecule has 1 fully saturated rings. The lowest BCUT2D eigenvalue weighted by atomic mass is 9.97. The molecule has 0 bridgehead atoms. The summed E-state index contributed by atoms with van der Waals surface area (Å²) in [6.07, 6.45) is 1.48. The highest BCUT2D eigenvalue weighted by molar-refractivity contribution is 5.80. The molecule has 0 saturated carbocycles. The van der Waals surface area contributed by atoms with Crippen molar-refractivity contribution in [3.63, 3.8) is 0 Å². The predicted molar refractivity (Wildman–Crippen MR) is 82.3 cm³/mol. The second kappa shape index (κ2) is 6.64. The summed E-state index contributed by atoms with van der Waals surface area (Å²) < 4.78 is 0. The van der Waals surface area contributed by atoms with Crippen LogP contribution in [-0.4, -0.2) is 34.9 Å². The molecule has 22 heavy (non-hydrogen) atoms. The summed E-state index contributed by atoms with van der Waals surface area (Å²) in [7, 11) is 0. The van der Waals surface area contributed by atoms with Crippen LogP contribution in [0.1, 0.15) is 29.7 Å². The normalized spacial score (nSPS) is 18.1. The number of rotatable bonds is 3. The lowest BCUT2D eigenvalue weighted by Crippen LogP contribution is -2.47. The highest BCUT2D eigenvalue weighted by Gasteiger charge is 2.27. The van der Waals surface area contributed by atoms with Gasteiger partial charge in [-0.15, -0.1) is 0 Å². The van der Waals surface area contributed by atoms with Gasteiger partial charge in [-0.05, 0) is 38.3 Å². The van der Waals surface area contributed by atoms with Gasteiger partial charge in [0.25, 0.3) is 5.56 Å². The van der Waals surface area contributed by atoms with Crippen molar-refractivity contribution >= 4 is 11.9 Å². The van der Waals surface area contributed by atoms with E-state index >= 15 is 0 Å². The fourth-order valence-corrected chi connectivity index (χ4v) is 2.81. The largest absolute Gasteiger partial charge is 0.352 e. The van der Waals surface area contributed by atoms with Gasteiger partial charge in [-0.25, -0.2) is 4.79 Å². The third kappa shape index (κ3) is 3.66. The molecule has 0 aliphatic carbocycles. The molecule has 1 atom stereocenters. The molecule has 7 heteroatoms. The highest BCUT2D eigenvalue weighted by Crippen LogP contribution is 2.16. The summed E-state index contributed by atoms with van der Waals surface area (Å²) in [6.45, 7) is 4.78. The molecule has 1 aromatic heterocycles. The van der Waals surface area contributed by atoms with Crippen LogP contribution in [0.15, 0.2) is 10.9 Å². The first kappa shape index (κ1) is 16.1. The van der Waals surface area contributed by atoms with Gasteiger partial charge >= 0.3 is 6.03 Å². The van der Waals surface area contributed by atoms with Crippen molar-refractivity contribution in [3.05, 3.63) is 33.2 Å². The first-order valence-corrected chi connectivity index (χ1v) is 7.40. The SMILES string of the molecule is Cc1cc(C)c(CNC(=O)[C@H]2CCCN(C(N)=O)C2)c(=O)[nH]1. The van der Waals surface area contributed by atoms with Gasteiger partial charge in [0.1, 0.15) is 0 Å². The molecule has 1 saturated heterocycles. The van der Waals surface area contributed by atoms with Gasteiger partial charge in [0.15, 0.2) is 0 Å². The predicted octanol–water partition coefficient (Wildman–Crippen LogP) is 0.399. The van der Waals surface area contributed by atoms with Gasteiger partial charge in [-0.3, -0.25) is 9.59 Å². The number of H-pyrrole nitrogens is 1. The molecule has 7 nitrogen and oxygen atoms in total. The zero-order valence-corrected chi connectivity index (χ0v) is 12.9. The molecule has 1 aromatic rings. The molecule has 2 heterocycles. The van der Waals surface area contributed by atoms with Crippen molar-refractivity contribution in [1.29, 1.82) is 0 Å². The summed E-state index contributed by atoms with van der Waals surface area (Å²) in [5, 5.41) is 2.79. The Morgan fingerprint density at radius 3 is 2.82 bits per heavy atom. The van der Waals surface area contributed by atoms with Crippen LogP contribution in [0.25, 0.3) is 0 Å². The Labute approximate surface area is 128 Å². The Balaban J connectivity index is 1.98. The number of nitrogens with zero attached hydrogens (tertiary/aromatic N) is 1. The number of aromatic amines is 1. The fraction of sp³-hybridized carbons (Fsp3) is 0.533. The number of carbonyl (C=O) groups excluding carboxylic acids is 2. The summed E-state index contributed by atoms with van der Waals surface area (Å²) in [5.74, 6) is -0.420. The van der Waals surface area contributed by atoms with Crippen LogP contribution in [0.3, 0.4) is 0 Å². The number of aryl methyl sites for hydroxylation is 2. The van der Waals surface area contributed by atoms with Crippen molar-refractivity contribution < 1.29 is 9.59 Å². The molecule has 2 rings (SSSR count). The van der Waals surface area contributed by atoms with Crippen molar-refractivity contribution in [2.24, 2.45) is 11.7 Å². The molecule has 4 N–H and O–H groups in total. The number of aromatic nitrogens is 1. The minimum absolute atomic E-state index is 0.148.